The first kappa shape index (κ1) is 11.3. The molecular weight excluding hydrogens is 226 g/mol. The highest BCUT2D eigenvalue weighted by Gasteiger charge is 2.08. The molecule has 0 saturated heterocycles. The molecule has 0 saturated carbocycles. The number of hydrogen-bond donors (Lipinski definition) is 1. The molecule has 0 atom stereocenters. The van der Waals surface area contributed by atoms with Crippen molar-refractivity contribution in [2.24, 2.45) is 0 Å². The maximum atomic E-state index is 13.5. The highest BCUT2D eigenvalue weighted by atomic mass is 19.1. The van der Waals surface area contributed by atoms with Gasteiger partial charge in [-0.3, -0.25) is 4.79 Å². The van der Waals surface area contributed by atoms with E-state index >= 15 is 0 Å². The Bertz CT molecular complexity index is 580. The lowest BCUT2D eigenvalue weighted by molar-refractivity contribution is 0.112. The fraction of sp³-hybridized carbons (Fsp3) is 0. The fourth-order valence-corrected chi connectivity index (χ4v) is 1.54. The molecule has 0 amide bonds. The maximum Gasteiger partial charge on any atom is 0.153 e. The average Bonchev–Trinajstić information content (AvgIpc) is 2.30. The largest absolute Gasteiger partial charge is 0.507 e. The standard InChI is InChI=1S/C13H8F2O2/c14-10-2-3-11(12(15)6-10)8-1-4-13(17)9(5-8)7-16/h1-7,17H. The summed E-state index contributed by atoms with van der Waals surface area (Å²) in [6.45, 7) is 0. The summed E-state index contributed by atoms with van der Waals surface area (Å²) in [5, 5.41) is 9.31. The smallest absolute Gasteiger partial charge is 0.153 e. The summed E-state index contributed by atoms with van der Waals surface area (Å²) >= 11 is 0. The van der Waals surface area contributed by atoms with E-state index in [0.29, 0.717) is 11.8 Å². The second-order valence-electron chi connectivity index (χ2n) is 3.52. The van der Waals surface area contributed by atoms with Gasteiger partial charge in [0.25, 0.3) is 0 Å². The SMILES string of the molecule is O=Cc1cc(-c2ccc(F)cc2F)ccc1O. The van der Waals surface area contributed by atoms with E-state index in [1.165, 1.54) is 24.3 Å². The van der Waals surface area contributed by atoms with Crippen molar-refractivity contribution in [3.63, 3.8) is 0 Å². The number of rotatable bonds is 2. The Morgan fingerprint density at radius 1 is 1.06 bits per heavy atom. The summed E-state index contributed by atoms with van der Waals surface area (Å²) < 4.78 is 26.2. The van der Waals surface area contributed by atoms with Gasteiger partial charge in [0, 0.05) is 11.6 Å². The Hall–Kier alpha value is -2.23. The van der Waals surface area contributed by atoms with Crippen molar-refractivity contribution in [1.29, 1.82) is 0 Å². The second kappa shape index (κ2) is 4.33. The van der Waals surface area contributed by atoms with Gasteiger partial charge in [-0.25, -0.2) is 8.78 Å². The van der Waals surface area contributed by atoms with E-state index < -0.39 is 11.6 Å². The molecule has 0 fully saturated rings. The number of benzene rings is 2. The highest BCUT2D eigenvalue weighted by molar-refractivity contribution is 5.82. The first-order valence-electron chi connectivity index (χ1n) is 4.85. The van der Waals surface area contributed by atoms with Crippen LogP contribution >= 0.6 is 0 Å². The van der Waals surface area contributed by atoms with Gasteiger partial charge in [-0.15, -0.1) is 0 Å². The van der Waals surface area contributed by atoms with Crippen LogP contribution in [0, 0.1) is 11.6 Å². The number of carbonyl (C=O) groups is 1. The van der Waals surface area contributed by atoms with Crippen LogP contribution in [0.3, 0.4) is 0 Å². The minimum absolute atomic E-state index is 0.0613. The van der Waals surface area contributed by atoms with E-state index in [-0.39, 0.29) is 16.9 Å². The van der Waals surface area contributed by atoms with Crippen molar-refractivity contribution in [3.05, 3.63) is 53.6 Å². The summed E-state index contributed by atoms with van der Waals surface area (Å²) in [7, 11) is 0. The third kappa shape index (κ3) is 2.15. The van der Waals surface area contributed by atoms with Gasteiger partial charge in [-0.1, -0.05) is 6.07 Å². The molecule has 0 aliphatic rings. The van der Waals surface area contributed by atoms with Gasteiger partial charge in [0.05, 0.1) is 5.56 Å². The highest BCUT2D eigenvalue weighted by Crippen LogP contribution is 2.27. The zero-order valence-corrected chi connectivity index (χ0v) is 8.65. The van der Waals surface area contributed by atoms with Crippen LogP contribution in [-0.4, -0.2) is 11.4 Å². The van der Waals surface area contributed by atoms with Crippen molar-refractivity contribution in [2.45, 2.75) is 0 Å². The van der Waals surface area contributed by atoms with Crippen LogP contribution in [0.4, 0.5) is 8.78 Å². The molecule has 0 heterocycles. The van der Waals surface area contributed by atoms with E-state index in [4.69, 9.17) is 0 Å². The second-order valence-corrected chi connectivity index (χ2v) is 3.52. The molecule has 0 bridgehead atoms. The molecule has 17 heavy (non-hydrogen) atoms. The van der Waals surface area contributed by atoms with Crippen LogP contribution in [0.25, 0.3) is 11.1 Å². The number of carbonyl (C=O) groups excluding carboxylic acids is 1. The first-order chi connectivity index (χ1) is 8.11. The Morgan fingerprint density at radius 3 is 2.47 bits per heavy atom. The summed E-state index contributed by atoms with van der Waals surface area (Å²) in [5.41, 5.74) is 0.642. The van der Waals surface area contributed by atoms with E-state index in [1.807, 2.05) is 0 Å². The van der Waals surface area contributed by atoms with Crippen LogP contribution in [0.5, 0.6) is 5.75 Å². The van der Waals surface area contributed by atoms with E-state index in [1.54, 1.807) is 0 Å². The number of aromatic hydroxyl groups is 1. The van der Waals surface area contributed by atoms with Gasteiger partial charge in [-0.2, -0.15) is 0 Å². The molecule has 2 nitrogen and oxygen atoms in total. The third-order valence-electron chi connectivity index (χ3n) is 2.40. The number of aldehydes is 1. The van der Waals surface area contributed by atoms with Crippen LogP contribution in [-0.2, 0) is 0 Å². The molecule has 0 radical (unpaired) electrons. The molecular formula is C13H8F2O2. The maximum absolute atomic E-state index is 13.5. The zero-order valence-electron chi connectivity index (χ0n) is 8.65. The molecule has 2 rings (SSSR count). The number of phenols is 1. The molecule has 0 aromatic heterocycles. The fourth-order valence-electron chi connectivity index (χ4n) is 1.54. The van der Waals surface area contributed by atoms with Gasteiger partial charge in [0.15, 0.2) is 6.29 Å². The van der Waals surface area contributed by atoms with Gasteiger partial charge in [0.2, 0.25) is 0 Å². The average molecular weight is 234 g/mol. The summed E-state index contributed by atoms with van der Waals surface area (Å²) in [6.07, 6.45) is 0.472. The molecule has 0 aliphatic heterocycles. The Kier molecular flexibility index (Phi) is 2.87. The molecule has 2 aromatic rings. The number of halogens is 2. The van der Waals surface area contributed by atoms with Crippen LogP contribution in [0.15, 0.2) is 36.4 Å². The summed E-state index contributed by atoms with van der Waals surface area (Å²) in [6, 6.07) is 7.28. The minimum Gasteiger partial charge on any atom is -0.507 e. The Morgan fingerprint density at radius 2 is 1.82 bits per heavy atom. The lowest BCUT2D eigenvalue weighted by Gasteiger charge is -2.05. The van der Waals surface area contributed by atoms with Crippen molar-refractivity contribution in [3.8, 4) is 16.9 Å². The third-order valence-corrected chi connectivity index (χ3v) is 2.40. The molecule has 0 spiro atoms. The monoisotopic (exact) mass is 234 g/mol. The predicted octanol–water partition coefficient (Wildman–Crippen LogP) is 3.15. The van der Waals surface area contributed by atoms with Gasteiger partial charge in [-0.05, 0) is 29.8 Å². The topological polar surface area (TPSA) is 37.3 Å². The van der Waals surface area contributed by atoms with E-state index in [0.717, 1.165) is 12.1 Å². The van der Waals surface area contributed by atoms with Gasteiger partial charge >= 0.3 is 0 Å². The number of phenolic OH excluding ortho intramolecular Hbond substituents is 1. The van der Waals surface area contributed by atoms with Crippen molar-refractivity contribution in [2.75, 3.05) is 0 Å². The van der Waals surface area contributed by atoms with E-state index in [9.17, 15) is 18.7 Å². The molecule has 0 aliphatic carbocycles. The summed E-state index contributed by atoms with van der Waals surface area (Å²) in [5.74, 6) is -1.56. The van der Waals surface area contributed by atoms with Crippen molar-refractivity contribution >= 4 is 6.29 Å². The van der Waals surface area contributed by atoms with Gasteiger partial charge < -0.3 is 5.11 Å². The van der Waals surface area contributed by atoms with Crippen molar-refractivity contribution < 1.29 is 18.7 Å². The van der Waals surface area contributed by atoms with Crippen LogP contribution in [0.2, 0.25) is 0 Å². The predicted molar refractivity (Wildman–Crippen MR) is 58.8 cm³/mol. The zero-order chi connectivity index (χ0) is 12.4. The quantitative estimate of drug-likeness (QED) is 0.810. The van der Waals surface area contributed by atoms with Gasteiger partial charge in [0.1, 0.15) is 17.4 Å². The molecule has 2 aromatic carbocycles. The molecule has 86 valence electrons. The lowest BCUT2D eigenvalue weighted by atomic mass is 10.0. The van der Waals surface area contributed by atoms with Crippen LogP contribution in [0.1, 0.15) is 10.4 Å². The lowest BCUT2D eigenvalue weighted by Crippen LogP contribution is -1.88. The van der Waals surface area contributed by atoms with Crippen LogP contribution < -0.4 is 0 Å². The van der Waals surface area contributed by atoms with E-state index in [2.05, 4.69) is 0 Å². The number of hydrogen-bond acceptors (Lipinski definition) is 2. The Labute approximate surface area is 96.1 Å². The molecule has 0 unspecified atom stereocenters. The first-order valence-corrected chi connectivity index (χ1v) is 4.85. The minimum atomic E-state index is -0.715. The Balaban J connectivity index is 2.56. The molecule has 1 N–H and O–H groups in total. The normalized spacial score (nSPS) is 10.2. The van der Waals surface area contributed by atoms with Crippen molar-refractivity contribution in [1.82, 2.24) is 0 Å². The summed E-state index contributed by atoms with van der Waals surface area (Å²) in [4.78, 5) is 10.6. The molecule has 4 heteroatoms.